The summed E-state index contributed by atoms with van der Waals surface area (Å²) in [5, 5.41) is 15.3. The maximum atomic E-state index is 12.9. The fourth-order valence-corrected chi connectivity index (χ4v) is 4.12. The van der Waals surface area contributed by atoms with Crippen LogP contribution in [0, 0.1) is 23.2 Å². The van der Waals surface area contributed by atoms with Crippen LogP contribution in [0.4, 0.5) is 0 Å². The molecule has 1 heterocycles. The second-order valence-corrected chi connectivity index (χ2v) is 8.72. The molecule has 2 N–H and O–H groups in total. The van der Waals surface area contributed by atoms with Gasteiger partial charge < -0.3 is 15.2 Å². The Morgan fingerprint density at radius 1 is 1.23 bits per heavy atom. The van der Waals surface area contributed by atoms with Crippen molar-refractivity contribution in [1.82, 2.24) is 20.2 Å². The van der Waals surface area contributed by atoms with Crippen molar-refractivity contribution in [2.75, 3.05) is 0 Å². The molecule has 1 aromatic carbocycles. The van der Waals surface area contributed by atoms with Crippen LogP contribution >= 0.6 is 0 Å². The molecule has 31 heavy (non-hydrogen) atoms. The van der Waals surface area contributed by atoms with Crippen molar-refractivity contribution >= 4 is 11.8 Å². The monoisotopic (exact) mass is 421 g/mol. The number of imidazole rings is 1. The van der Waals surface area contributed by atoms with E-state index < -0.39 is 6.04 Å². The van der Waals surface area contributed by atoms with Gasteiger partial charge in [0.05, 0.1) is 18.3 Å². The van der Waals surface area contributed by atoms with E-state index in [0.29, 0.717) is 24.4 Å². The summed E-state index contributed by atoms with van der Waals surface area (Å²) in [5.41, 5.74) is 1.66. The fourth-order valence-electron chi connectivity index (χ4n) is 4.12. The molecule has 0 radical (unpaired) electrons. The molecule has 3 rings (SSSR count). The van der Waals surface area contributed by atoms with Gasteiger partial charge >= 0.3 is 0 Å². The smallest absolute Gasteiger partial charge is 0.251 e. The SMILES string of the molecule is CC(C)C[C@@H](C#N)NC(=O)[C@@H]1CCCCC1NC(=O)c1ccc(Cn2ccnc2)cc1. The molecule has 7 heteroatoms. The average molecular weight is 422 g/mol. The van der Waals surface area contributed by atoms with Gasteiger partial charge in [-0.2, -0.15) is 5.26 Å². The number of nitrogens with one attached hydrogen (secondary N) is 2. The maximum Gasteiger partial charge on any atom is 0.251 e. The minimum absolute atomic E-state index is 0.132. The number of aromatic nitrogens is 2. The molecular weight excluding hydrogens is 390 g/mol. The summed E-state index contributed by atoms with van der Waals surface area (Å²) >= 11 is 0. The molecule has 164 valence electrons. The highest BCUT2D eigenvalue weighted by atomic mass is 16.2. The number of nitriles is 1. The summed E-state index contributed by atoms with van der Waals surface area (Å²) < 4.78 is 1.97. The van der Waals surface area contributed by atoms with Crippen molar-refractivity contribution in [2.24, 2.45) is 11.8 Å². The van der Waals surface area contributed by atoms with Gasteiger partial charge in [0.2, 0.25) is 5.91 Å². The van der Waals surface area contributed by atoms with Crippen LogP contribution in [-0.2, 0) is 11.3 Å². The number of amides is 2. The summed E-state index contributed by atoms with van der Waals surface area (Å²) in [4.78, 5) is 29.7. The van der Waals surface area contributed by atoms with Crippen LogP contribution < -0.4 is 10.6 Å². The van der Waals surface area contributed by atoms with Crippen molar-refractivity contribution in [3.63, 3.8) is 0 Å². The van der Waals surface area contributed by atoms with E-state index in [4.69, 9.17) is 0 Å². The van der Waals surface area contributed by atoms with Gasteiger partial charge in [0.15, 0.2) is 0 Å². The second kappa shape index (κ2) is 10.8. The third kappa shape index (κ3) is 6.42. The Balaban J connectivity index is 1.60. The number of rotatable bonds is 8. The normalized spacial score (nSPS) is 19.4. The molecule has 2 amide bonds. The lowest BCUT2D eigenvalue weighted by Gasteiger charge is -2.32. The van der Waals surface area contributed by atoms with Crippen molar-refractivity contribution in [3.05, 3.63) is 54.1 Å². The Bertz CT molecular complexity index is 899. The molecule has 0 bridgehead atoms. The Kier molecular flexibility index (Phi) is 7.82. The number of hydrogen-bond acceptors (Lipinski definition) is 4. The largest absolute Gasteiger partial charge is 0.349 e. The van der Waals surface area contributed by atoms with E-state index in [1.54, 1.807) is 12.5 Å². The van der Waals surface area contributed by atoms with Gasteiger partial charge in [0, 0.05) is 30.5 Å². The number of hydrogen-bond donors (Lipinski definition) is 2. The van der Waals surface area contributed by atoms with Gasteiger partial charge in [-0.3, -0.25) is 9.59 Å². The van der Waals surface area contributed by atoms with E-state index in [9.17, 15) is 14.9 Å². The molecule has 1 fully saturated rings. The highest BCUT2D eigenvalue weighted by Gasteiger charge is 2.33. The average Bonchev–Trinajstić information content (AvgIpc) is 3.26. The summed E-state index contributed by atoms with van der Waals surface area (Å²) in [5.74, 6) is -0.282. The first-order valence-corrected chi connectivity index (χ1v) is 11.0. The number of carbonyl (C=O) groups excluding carboxylic acids is 2. The molecule has 1 aliphatic carbocycles. The molecular formula is C24H31N5O2. The van der Waals surface area contributed by atoms with Crippen LogP contribution in [0.15, 0.2) is 43.0 Å². The van der Waals surface area contributed by atoms with E-state index in [1.807, 2.05) is 48.9 Å². The highest BCUT2D eigenvalue weighted by Crippen LogP contribution is 2.25. The van der Waals surface area contributed by atoms with Gasteiger partial charge in [-0.15, -0.1) is 0 Å². The number of nitrogens with zero attached hydrogens (tertiary/aromatic N) is 3. The predicted octanol–water partition coefficient (Wildman–Crippen LogP) is 3.27. The molecule has 7 nitrogen and oxygen atoms in total. The molecule has 0 saturated heterocycles. The first kappa shape index (κ1) is 22.5. The van der Waals surface area contributed by atoms with Crippen LogP contribution in [0.2, 0.25) is 0 Å². The van der Waals surface area contributed by atoms with Crippen molar-refractivity contribution in [3.8, 4) is 6.07 Å². The van der Waals surface area contributed by atoms with Gasteiger partial charge in [0.25, 0.3) is 5.91 Å². The first-order valence-electron chi connectivity index (χ1n) is 11.0. The molecule has 0 aliphatic heterocycles. The number of carbonyl (C=O) groups is 2. The first-order chi connectivity index (χ1) is 15.0. The molecule has 0 spiro atoms. The molecule has 1 aromatic heterocycles. The Hall–Kier alpha value is -3.14. The minimum atomic E-state index is -0.492. The van der Waals surface area contributed by atoms with Crippen molar-refractivity contribution in [2.45, 2.75) is 64.6 Å². The lowest BCUT2D eigenvalue weighted by atomic mass is 9.83. The van der Waals surface area contributed by atoms with Crippen LogP contribution in [0.3, 0.4) is 0 Å². The minimum Gasteiger partial charge on any atom is -0.349 e. The lowest BCUT2D eigenvalue weighted by Crippen LogP contribution is -2.50. The maximum absolute atomic E-state index is 12.9. The second-order valence-electron chi connectivity index (χ2n) is 8.72. The van der Waals surface area contributed by atoms with Gasteiger partial charge in [0.1, 0.15) is 6.04 Å². The molecule has 2 aromatic rings. The zero-order valence-corrected chi connectivity index (χ0v) is 18.3. The summed E-state index contributed by atoms with van der Waals surface area (Å²) in [6.45, 7) is 4.75. The third-order valence-corrected chi connectivity index (χ3v) is 5.74. The molecule has 1 saturated carbocycles. The zero-order valence-electron chi connectivity index (χ0n) is 18.3. The summed E-state index contributed by atoms with van der Waals surface area (Å²) in [6.07, 6.45) is 9.43. The van der Waals surface area contributed by atoms with Crippen LogP contribution in [0.25, 0.3) is 0 Å². The molecule has 1 unspecified atom stereocenters. The Morgan fingerprint density at radius 3 is 2.61 bits per heavy atom. The Labute approximate surface area is 183 Å². The van der Waals surface area contributed by atoms with E-state index >= 15 is 0 Å². The quantitative estimate of drug-likeness (QED) is 0.683. The van der Waals surface area contributed by atoms with Gasteiger partial charge in [-0.25, -0.2) is 4.98 Å². The predicted molar refractivity (Wildman–Crippen MR) is 118 cm³/mol. The number of benzene rings is 1. The van der Waals surface area contributed by atoms with Crippen molar-refractivity contribution < 1.29 is 9.59 Å². The van der Waals surface area contributed by atoms with Crippen molar-refractivity contribution in [1.29, 1.82) is 5.26 Å². The van der Waals surface area contributed by atoms with E-state index in [2.05, 4.69) is 21.7 Å². The van der Waals surface area contributed by atoms with E-state index in [1.165, 1.54) is 0 Å². The summed E-state index contributed by atoms with van der Waals surface area (Å²) in [6, 6.07) is 8.97. The van der Waals surface area contributed by atoms with E-state index in [-0.39, 0.29) is 23.8 Å². The van der Waals surface area contributed by atoms with Crippen LogP contribution in [-0.4, -0.2) is 33.4 Å². The fraction of sp³-hybridized carbons (Fsp3) is 0.500. The molecule has 1 aliphatic rings. The van der Waals surface area contributed by atoms with Gasteiger partial charge in [-0.05, 0) is 42.9 Å². The highest BCUT2D eigenvalue weighted by molar-refractivity contribution is 5.95. The standard InChI is InChI=1S/C24H31N5O2/c1-17(2)13-20(14-25)27-24(31)21-5-3-4-6-22(21)28-23(30)19-9-7-18(8-10-19)15-29-12-11-26-16-29/h7-12,16-17,20-22H,3-6,13,15H2,1-2H3,(H,27,31)(H,28,30)/t20-,21+,22?/m0/s1. The lowest BCUT2D eigenvalue weighted by molar-refractivity contribution is -0.127. The van der Waals surface area contributed by atoms with Crippen LogP contribution in [0.1, 0.15) is 61.9 Å². The third-order valence-electron chi connectivity index (χ3n) is 5.74. The molecule has 3 atom stereocenters. The summed E-state index contributed by atoms with van der Waals surface area (Å²) in [7, 11) is 0. The zero-order chi connectivity index (χ0) is 22.2. The van der Waals surface area contributed by atoms with Crippen LogP contribution in [0.5, 0.6) is 0 Å². The Morgan fingerprint density at radius 2 is 1.97 bits per heavy atom. The van der Waals surface area contributed by atoms with Gasteiger partial charge in [-0.1, -0.05) is 38.8 Å². The topological polar surface area (TPSA) is 99.8 Å². The van der Waals surface area contributed by atoms with E-state index in [0.717, 1.165) is 31.2 Å².